The third-order valence-electron chi connectivity index (χ3n) is 2.58. The number of hydrazine groups is 1. The number of benzene rings is 2. The molecule has 1 aliphatic rings. The molecule has 0 saturated carbocycles. The van der Waals surface area contributed by atoms with Crippen molar-refractivity contribution >= 4 is 5.69 Å². The molecule has 17 heavy (non-hydrogen) atoms. The van der Waals surface area contributed by atoms with E-state index in [0.717, 1.165) is 11.1 Å². The molecule has 5 nitrogen and oxygen atoms in total. The van der Waals surface area contributed by atoms with Crippen molar-refractivity contribution in [2.24, 2.45) is 0 Å². The van der Waals surface area contributed by atoms with Gasteiger partial charge in [0.25, 0.3) is 0 Å². The Hall–Kier alpha value is -2.56. The van der Waals surface area contributed by atoms with Gasteiger partial charge in [-0.15, -0.1) is 5.43 Å². The van der Waals surface area contributed by atoms with Crippen molar-refractivity contribution in [2.45, 2.75) is 0 Å². The normalized spacial score (nSPS) is 11.3. The number of hydrogen-bond donors (Lipinski definition) is 1. The van der Waals surface area contributed by atoms with E-state index in [1.807, 2.05) is 42.5 Å². The van der Waals surface area contributed by atoms with Crippen LogP contribution in [0.1, 0.15) is 0 Å². The van der Waals surface area contributed by atoms with Crippen molar-refractivity contribution in [1.82, 2.24) is 0 Å². The van der Waals surface area contributed by atoms with E-state index < -0.39 is 5.03 Å². The molecule has 0 radical (unpaired) electrons. The molecule has 5 heteroatoms. The van der Waals surface area contributed by atoms with Crippen molar-refractivity contribution in [3.05, 3.63) is 52.6 Å². The van der Waals surface area contributed by atoms with Crippen LogP contribution in [0.15, 0.2) is 42.5 Å². The summed E-state index contributed by atoms with van der Waals surface area (Å²) in [6.45, 7) is 0. The van der Waals surface area contributed by atoms with Crippen molar-refractivity contribution in [3.8, 4) is 22.6 Å². The van der Waals surface area contributed by atoms with Gasteiger partial charge in [-0.3, -0.25) is 0 Å². The second-order valence-electron chi connectivity index (χ2n) is 3.65. The molecular weight excluding hydrogens is 220 g/mol. The molecular formula is C12H8N2O3. The molecule has 0 bridgehead atoms. The molecule has 0 saturated heterocycles. The molecule has 0 aliphatic carbocycles. The van der Waals surface area contributed by atoms with Crippen LogP contribution in [0, 0.1) is 10.1 Å². The highest BCUT2D eigenvalue weighted by Crippen LogP contribution is 2.54. The maximum Gasteiger partial charge on any atom is 0.199 e. The Labute approximate surface area is 96.8 Å². The fraction of sp³-hybridized carbons (Fsp3) is 0. The maximum absolute atomic E-state index is 10.6. The van der Waals surface area contributed by atoms with Gasteiger partial charge >= 0.3 is 0 Å². The average molecular weight is 228 g/mol. The van der Waals surface area contributed by atoms with E-state index >= 15 is 0 Å². The summed E-state index contributed by atoms with van der Waals surface area (Å²) in [7, 11) is 0. The lowest BCUT2D eigenvalue weighted by molar-refractivity contribution is -0.445. The Bertz CT molecular complexity index is 596. The lowest BCUT2D eigenvalue weighted by atomic mass is 10.0. The van der Waals surface area contributed by atoms with Crippen LogP contribution in [0.3, 0.4) is 0 Å². The number of anilines is 1. The van der Waals surface area contributed by atoms with Crippen LogP contribution in [0.25, 0.3) is 11.1 Å². The first kappa shape index (κ1) is 9.65. The lowest BCUT2D eigenvalue weighted by Gasteiger charge is -2.04. The summed E-state index contributed by atoms with van der Waals surface area (Å²) in [6, 6.07) is 13.1. The fourth-order valence-electron chi connectivity index (χ4n) is 1.79. The van der Waals surface area contributed by atoms with Gasteiger partial charge in [0, 0.05) is 5.56 Å². The Balaban J connectivity index is 2.12. The van der Waals surface area contributed by atoms with Crippen LogP contribution in [0.4, 0.5) is 5.69 Å². The molecule has 2 aromatic carbocycles. The molecule has 0 amide bonds. The van der Waals surface area contributed by atoms with E-state index in [4.69, 9.17) is 4.74 Å². The van der Waals surface area contributed by atoms with E-state index in [1.165, 1.54) is 0 Å². The molecule has 1 N–H and O–H groups in total. The van der Waals surface area contributed by atoms with Crippen LogP contribution < -0.4 is 10.2 Å². The molecule has 0 atom stereocenters. The lowest BCUT2D eigenvalue weighted by Crippen LogP contribution is -2.08. The molecule has 0 fully saturated rings. The molecule has 2 aromatic rings. The van der Waals surface area contributed by atoms with Crippen molar-refractivity contribution in [2.75, 3.05) is 5.43 Å². The predicted molar refractivity (Wildman–Crippen MR) is 62.6 cm³/mol. The number of rotatable bonds is 3. The van der Waals surface area contributed by atoms with Gasteiger partial charge < -0.3 is 4.74 Å². The monoisotopic (exact) mass is 228 g/mol. The predicted octanol–water partition coefficient (Wildman–Crippen LogP) is 3.06. The third-order valence-corrected chi connectivity index (χ3v) is 2.58. The number of nitro groups is 1. The van der Waals surface area contributed by atoms with Gasteiger partial charge in [0.15, 0.2) is 22.2 Å². The standard InChI is InChI=1S/C12H8N2O3/c15-14(16)13-11-9(6-7-10-12(11)17-10)8-4-2-1-3-5-8/h1-7,13H. The second kappa shape index (κ2) is 3.48. The SMILES string of the molecule is O=[N+]([O-])Nc1c(-c2ccccc2)ccc2c1O2. The van der Waals surface area contributed by atoms with Gasteiger partial charge in [-0.25, -0.2) is 10.1 Å². The Morgan fingerprint density at radius 2 is 1.88 bits per heavy atom. The highest BCUT2D eigenvalue weighted by molar-refractivity contribution is 5.87. The summed E-state index contributed by atoms with van der Waals surface area (Å²) < 4.78 is 5.16. The zero-order chi connectivity index (χ0) is 11.8. The molecule has 3 rings (SSSR count). The number of fused-ring (bicyclic) bond motifs is 1. The smallest absolute Gasteiger partial charge is 0.199 e. The van der Waals surface area contributed by atoms with Crippen LogP contribution in [0.2, 0.25) is 0 Å². The highest BCUT2D eigenvalue weighted by atomic mass is 16.7. The van der Waals surface area contributed by atoms with Crippen LogP contribution >= 0.6 is 0 Å². The Morgan fingerprint density at radius 3 is 2.59 bits per heavy atom. The van der Waals surface area contributed by atoms with E-state index in [0.29, 0.717) is 17.2 Å². The van der Waals surface area contributed by atoms with Crippen LogP contribution in [-0.4, -0.2) is 5.03 Å². The van der Waals surface area contributed by atoms with Crippen LogP contribution in [-0.2, 0) is 0 Å². The van der Waals surface area contributed by atoms with Gasteiger partial charge in [-0.05, 0) is 17.7 Å². The second-order valence-corrected chi connectivity index (χ2v) is 3.65. The number of nitrogens with one attached hydrogen (secondary N) is 1. The van der Waals surface area contributed by atoms with Gasteiger partial charge in [-0.2, -0.15) is 0 Å². The summed E-state index contributed by atoms with van der Waals surface area (Å²) in [5.41, 5.74) is 4.28. The van der Waals surface area contributed by atoms with E-state index in [-0.39, 0.29) is 0 Å². The minimum atomic E-state index is -0.580. The zero-order valence-electron chi connectivity index (χ0n) is 8.71. The number of nitrogens with zero attached hydrogens (tertiary/aromatic N) is 1. The van der Waals surface area contributed by atoms with Crippen LogP contribution in [0.5, 0.6) is 11.5 Å². The largest absolute Gasteiger partial charge is 0.447 e. The summed E-state index contributed by atoms with van der Waals surface area (Å²) in [4.78, 5) is 10.6. The summed E-state index contributed by atoms with van der Waals surface area (Å²) in [5.74, 6) is 1.25. The topological polar surface area (TPSA) is 67.7 Å². The summed E-state index contributed by atoms with van der Waals surface area (Å²) in [6.07, 6.45) is 0. The fourth-order valence-corrected chi connectivity index (χ4v) is 1.79. The molecule has 0 aromatic heterocycles. The first-order valence-corrected chi connectivity index (χ1v) is 5.07. The minimum Gasteiger partial charge on any atom is -0.447 e. The zero-order valence-corrected chi connectivity index (χ0v) is 8.71. The molecule has 0 spiro atoms. The third kappa shape index (κ3) is 1.67. The summed E-state index contributed by atoms with van der Waals surface area (Å²) >= 11 is 0. The van der Waals surface area contributed by atoms with Crippen molar-refractivity contribution < 1.29 is 9.77 Å². The highest BCUT2D eigenvalue weighted by Gasteiger charge is 2.29. The summed E-state index contributed by atoms with van der Waals surface area (Å²) in [5, 5.41) is 9.99. The molecule has 0 unspecified atom stereocenters. The van der Waals surface area contributed by atoms with Gasteiger partial charge in [0.2, 0.25) is 0 Å². The quantitative estimate of drug-likeness (QED) is 0.425. The first-order chi connectivity index (χ1) is 8.25. The maximum atomic E-state index is 10.6. The first-order valence-electron chi connectivity index (χ1n) is 5.07. The van der Waals surface area contributed by atoms with Gasteiger partial charge in [0.05, 0.1) is 0 Å². The Kier molecular flexibility index (Phi) is 1.98. The minimum absolute atomic E-state index is 0.415. The van der Waals surface area contributed by atoms with E-state index in [2.05, 4.69) is 5.43 Å². The van der Waals surface area contributed by atoms with E-state index in [9.17, 15) is 10.1 Å². The molecule has 1 aliphatic heterocycles. The molecule has 1 heterocycles. The average Bonchev–Trinajstić information content (AvgIpc) is 3.09. The van der Waals surface area contributed by atoms with E-state index in [1.54, 1.807) is 0 Å². The van der Waals surface area contributed by atoms with Gasteiger partial charge in [-0.1, -0.05) is 30.3 Å². The molecule has 84 valence electrons. The van der Waals surface area contributed by atoms with Crippen molar-refractivity contribution in [1.29, 1.82) is 0 Å². The Morgan fingerprint density at radius 1 is 1.12 bits per heavy atom. The number of ether oxygens (including phenoxy) is 1. The van der Waals surface area contributed by atoms with Gasteiger partial charge in [0.1, 0.15) is 0 Å². The number of hydrogen-bond acceptors (Lipinski definition) is 3. The van der Waals surface area contributed by atoms with Crippen molar-refractivity contribution in [3.63, 3.8) is 0 Å².